The van der Waals surface area contributed by atoms with Gasteiger partial charge >= 0.3 is 0 Å². The Morgan fingerprint density at radius 2 is 2.05 bits per heavy atom. The van der Waals surface area contributed by atoms with Crippen molar-refractivity contribution in [2.45, 2.75) is 32.0 Å². The lowest BCUT2D eigenvalue weighted by Gasteiger charge is -2.31. The van der Waals surface area contributed by atoms with E-state index in [4.69, 9.17) is 4.42 Å². The average molecular weight is 271 g/mol. The smallest absolute Gasteiger partial charge is 0.277 e. The number of hydrogen-bond acceptors (Lipinski definition) is 2. The van der Waals surface area contributed by atoms with Crippen LogP contribution in [0.3, 0.4) is 0 Å². The van der Waals surface area contributed by atoms with Crippen molar-refractivity contribution in [2.24, 2.45) is 0 Å². The summed E-state index contributed by atoms with van der Waals surface area (Å²) < 4.78 is 46.4. The zero-order valence-electron chi connectivity index (χ0n) is 10.8. The van der Waals surface area contributed by atoms with Gasteiger partial charge < -0.3 is 9.73 Å². The molecule has 2 unspecified atom stereocenters. The van der Waals surface area contributed by atoms with E-state index < -0.39 is 18.1 Å². The molecule has 0 saturated heterocycles. The van der Waals surface area contributed by atoms with E-state index in [0.29, 0.717) is 17.5 Å². The second-order valence-electron chi connectivity index (χ2n) is 4.52. The summed E-state index contributed by atoms with van der Waals surface area (Å²) in [5.41, 5.74) is -2.21. The molecule has 19 heavy (non-hydrogen) atoms. The van der Waals surface area contributed by atoms with Crippen LogP contribution < -0.4 is 5.32 Å². The van der Waals surface area contributed by atoms with Crippen LogP contribution in [0.2, 0.25) is 0 Å². The fourth-order valence-electron chi connectivity index (χ4n) is 2.22. The summed E-state index contributed by atoms with van der Waals surface area (Å²) in [5.74, 6) is 0. The van der Waals surface area contributed by atoms with Gasteiger partial charge in [-0.15, -0.1) is 0 Å². The first-order chi connectivity index (χ1) is 9.00. The Balaban J connectivity index is 2.47. The van der Waals surface area contributed by atoms with Gasteiger partial charge in [-0.2, -0.15) is 0 Å². The summed E-state index contributed by atoms with van der Waals surface area (Å²) in [5, 5.41) is 3.34. The first kappa shape index (κ1) is 13.9. The van der Waals surface area contributed by atoms with Crippen LogP contribution in [0.5, 0.6) is 0 Å². The predicted octanol–water partition coefficient (Wildman–Crippen LogP) is 3.86. The summed E-state index contributed by atoms with van der Waals surface area (Å²) in [6, 6.07) is 4.93. The number of nitrogens with one attached hydrogen (secondary N) is 1. The minimum Gasteiger partial charge on any atom is -0.464 e. The summed E-state index contributed by atoms with van der Waals surface area (Å²) in [4.78, 5) is 0. The van der Waals surface area contributed by atoms with E-state index in [0.717, 1.165) is 0 Å². The summed E-state index contributed by atoms with van der Waals surface area (Å²) in [6.07, 6.45) is -1.66. The van der Waals surface area contributed by atoms with Gasteiger partial charge in [-0.3, -0.25) is 0 Å². The van der Waals surface area contributed by atoms with Crippen molar-refractivity contribution >= 4 is 11.0 Å². The highest BCUT2D eigenvalue weighted by molar-refractivity contribution is 5.78. The molecule has 0 amide bonds. The highest BCUT2D eigenvalue weighted by Crippen LogP contribution is 2.37. The van der Waals surface area contributed by atoms with E-state index in [1.165, 1.54) is 31.4 Å². The van der Waals surface area contributed by atoms with Gasteiger partial charge in [0.1, 0.15) is 5.58 Å². The minimum absolute atomic E-state index is 0.0372. The molecule has 0 bridgehead atoms. The van der Waals surface area contributed by atoms with Crippen LogP contribution in [0.4, 0.5) is 13.2 Å². The molecule has 104 valence electrons. The largest absolute Gasteiger partial charge is 0.464 e. The molecule has 0 fully saturated rings. The molecule has 5 heteroatoms. The topological polar surface area (TPSA) is 25.2 Å². The molecule has 2 rings (SSSR count). The quantitative estimate of drug-likeness (QED) is 0.893. The zero-order valence-corrected chi connectivity index (χ0v) is 10.8. The molecule has 0 aliphatic rings. The Morgan fingerprint density at radius 1 is 1.32 bits per heavy atom. The van der Waals surface area contributed by atoms with Gasteiger partial charge in [0.2, 0.25) is 5.67 Å². The van der Waals surface area contributed by atoms with E-state index in [9.17, 15) is 13.2 Å². The summed E-state index contributed by atoms with van der Waals surface area (Å²) in [7, 11) is 0. The number of furan rings is 1. The van der Waals surface area contributed by atoms with Crippen LogP contribution in [0.25, 0.3) is 11.0 Å². The molecule has 2 nitrogen and oxygen atoms in total. The maximum absolute atomic E-state index is 14.8. The Morgan fingerprint density at radius 3 is 2.68 bits per heavy atom. The number of alkyl halides is 3. The van der Waals surface area contributed by atoms with E-state index in [-0.39, 0.29) is 5.56 Å². The Kier molecular flexibility index (Phi) is 3.85. The molecule has 2 aromatic rings. The predicted molar refractivity (Wildman–Crippen MR) is 68.1 cm³/mol. The van der Waals surface area contributed by atoms with Gasteiger partial charge in [0.15, 0.2) is 0 Å². The van der Waals surface area contributed by atoms with E-state index in [1.807, 2.05) is 0 Å². The molecule has 0 spiro atoms. The molecule has 2 atom stereocenters. The van der Waals surface area contributed by atoms with Crippen LogP contribution >= 0.6 is 0 Å². The van der Waals surface area contributed by atoms with E-state index >= 15 is 0 Å². The standard InChI is InChI=1S/C14H16F3NO/c1-3-18-9(2)14(17,13(15)16)11-4-5-12-10(8-11)6-7-19-12/h4-9,13,18H,3H2,1-2H3. The maximum Gasteiger partial charge on any atom is 0.277 e. The zero-order chi connectivity index (χ0) is 14.0. The van der Waals surface area contributed by atoms with Crippen LogP contribution in [0, 0.1) is 0 Å². The van der Waals surface area contributed by atoms with Gasteiger partial charge in [0, 0.05) is 11.4 Å². The Labute approximate surface area is 109 Å². The fraction of sp³-hybridized carbons (Fsp3) is 0.429. The van der Waals surface area contributed by atoms with Crippen LogP contribution in [0.15, 0.2) is 34.9 Å². The van der Waals surface area contributed by atoms with Crippen molar-refractivity contribution in [3.63, 3.8) is 0 Å². The number of fused-ring (bicyclic) bond motifs is 1. The third kappa shape index (κ3) is 2.34. The second-order valence-corrected chi connectivity index (χ2v) is 4.52. The number of benzene rings is 1. The first-order valence-corrected chi connectivity index (χ1v) is 6.18. The lowest BCUT2D eigenvalue weighted by atomic mass is 9.88. The van der Waals surface area contributed by atoms with Crippen molar-refractivity contribution < 1.29 is 17.6 Å². The molecule has 1 aromatic heterocycles. The van der Waals surface area contributed by atoms with Crippen molar-refractivity contribution in [2.75, 3.05) is 6.54 Å². The summed E-state index contributed by atoms with van der Waals surface area (Å²) >= 11 is 0. The third-order valence-electron chi connectivity index (χ3n) is 3.35. The average Bonchev–Trinajstić information content (AvgIpc) is 2.84. The van der Waals surface area contributed by atoms with Crippen LogP contribution in [0.1, 0.15) is 19.4 Å². The van der Waals surface area contributed by atoms with Crippen LogP contribution in [-0.2, 0) is 5.67 Å². The number of hydrogen-bond donors (Lipinski definition) is 1. The highest BCUT2D eigenvalue weighted by atomic mass is 19.3. The molecule has 1 N–H and O–H groups in total. The SMILES string of the molecule is CCNC(C)C(F)(c1ccc2occc2c1)C(F)F. The number of halogens is 3. The van der Waals surface area contributed by atoms with Crippen molar-refractivity contribution in [1.29, 1.82) is 0 Å². The third-order valence-corrected chi connectivity index (χ3v) is 3.35. The van der Waals surface area contributed by atoms with Gasteiger partial charge in [-0.25, -0.2) is 13.2 Å². The van der Waals surface area contributed by atoms with Gasteiger partial charge in [-0.05, 0) is 37.2 Å². The van der Waals surface area contributed by atoms with Crippen molar-refractivity contribution in [3.05, 3.63) is 36.1 Å². The van der Waals surface area contributed by atoms with Crippen molar-refractivity contribution in [1.82, 2.24) is 5.32 Å². The van der Waals surface area contributed by atoms with Gasteiger partial charge in [-0.1, -0.05) is 13.0 Å². The molecular formula is C14H16F3NO. The molecule has 1 heterocycles. The Bertz CT molecular complexity index is 554. The highest BCUT2D eigenvalue weighted by Gasteiger charge is 2.47. The van der Waals surface area contributed by atoms with Crippen LogP contribution in [-0.4, -0.2) is 19.0 Å². The fourth-order valence-corrected chi connectivity index (χ4v) is 2.22. The van der Waals surface area contributed by atoms with Gasteiger partial charge in [0.25, 0.3) is 6.43 Å². The van der Waals surface area contributed by atoms with E-state index in [1.54, 1.807) is 13.0 Å². The normalized spacial score (nSPS) is 16.7. The molecule has 0 saturated carbocycles. The molecule has 0 radical (unpaired) electrons. The summed E-state index contributed by atoms with van der Waals surface area (Å²) in [6.45, 7) is 3.60. The van der Waals surface area contributed by atoms with Crippen molar-refractivity contribution in [3.8, 4) is 0 Å². The molecule has 0 aliphatic carbocycles. The maximum atomic E-state index is 14.8. The minimum atomic E-state index is -3.11. The molecule has 1 aromatic carbocycles. The Hall–Kier alpha value is -1.49. The lowest BCUT2D eigenvalue weighted by Crippen LogP contribution is -2.48. The monoisotopic (exact) mass is 271 g/mol. The van der Waals surface area contributed by atoms with E-state index in [2.05, 4.69) is 5.32 Å². The second kappa shape index (κ2) is 5.25. The van der Waals surface area contributed by atoms with Gasteiger partial charge in [0.05, 0.1) is 6.26 Å². The number of likely N-dealkylation sites (N-methyl/N-ethyl adjacent to an activating group) is 1. The molecule has 0 aliphatic heterocycles. The lowest BCUT2D eigenvalue weighted by molar-refractivity contribution is -0.0599. The number of rotatable bonds is 5. The molecular weight excluding hydrogens is 255 g/mol. The first-order valence-electron chi connectivity index (χ1n) is 6.18.